The zero-order chi connectivity index (χ0) is 13.9. The fourth-order valence-electron chi connectivity index (χ4n) is 1.76. The van der Waals surface area contributed by atoms with E-state index in [1.54, 1.807) is 0 Å². The number of nitrogens with two attached hydrogens (primary N) is 1. The quantitative estimate of drug-likeness (QED) is 0.819. The van der Waals surface area contributed by atoms with Crippen molar-refractivity contribution in [3.63, 3.8) is 0 Å². The molecule has 1 unspecified atom stereocenters. The first-order valence-corrected chi connectivity index (χ1v) is 7.66. The monoisotopic (exact) mass is 290 g/mol. The molecule has 0 saturated heterocycles. The Labute approximate surface area is 114 Å². The van der Waals surface area contributed by atoms with E-state index < -0.39 is 10.0 Å². The SMILES string of the molecule is CC(C)CC(C)NS(=O)(=O)c1ccc(N)c(Cl)c1. The highest BCUT2D eigenvalue weighted by Crippen LogP contribution is 2.22. The lowest BCUT2D eigenvalue weighted by atomic mass is 10.1. The van der Waals surface area contributed by atoms with Crippen LogP contribution in [0.4, 0.5) is 5.69 Å². The molecular formula is C12H19ClN2O2S. The number of nitrogens with one attached hydrogen (secondary N) is 1. The van der Waals surface area contributed by atoms with E-state index in [-0.39, 0.29) is 16.0 Å². The van der Waals surface area contributed by atoms with E-state index in [1.165, 1.54) is 18.2 Å². The summed E-state index contributed by atoms with van der Waals surface area (Å²) in [6.07, 6.45) is 0.780. The molecule has 0 radical (unpaired) electrons. The van der Waals surface area contributed by atoms with Crippen molar-refractivity contribution in [3.05, 3.63) is 23.2 Å². The lowest BCUT2D eigenvalue weighted by molar-refractivity contribution is 0.482. The third-order valence-corrected chi connectivity index (χ3v) is 4.38. The van der Waals surface area contributed by atoms with Gasteiger partial charge in [0.2, 0.25) is 10.0 Å². The largest absolute Gasteiger partial charge is 0.398 e. The molecule has 102 valence electrons. The maximum absolute atomic E-state index is 12.1. The number of hydrogen-bond donors (Lipinski definition) is 2. The fraction of sp³-hybridized carbons (Fsp3) is 0.500. The maximum atomic E-state index is 12.1. The van der Waals surface area contributed by atoms with Crippen molar-refractivity contribution in [1.82, 2.24) is 4.72 Å². The summed E-state index contributed by atoms with van der Waals surface area (Å²) in [6, 6.07) is 4.18. The number of hydrogen-bond acceptors (Lipinski definition) is 3. The van der Waals surface area contributed by atoms with Crippen LogP contribution in [0.15, 0.2) is 23.1 Å². The molecule has 0 spiro atoms. The molecule has 0 amide bonds. The van der Waals surface area contributed by atoms with Crippen molar-refractivity contribution in [2.75, 3.05) is 5.73 Å². The number of sulfonamides is 1. The van der Waals surface area contributed by atoms with Gasteiger partial charge in [0.05, 0.1) is 15.6 Å². The van der Waals surface area contributed by atoms with E-state index >= 15 is 0 Å². The second kappa shape index (κ2) is 5.91. The Morgan fingerprint density at radius 2 is 1.94 bits per heavy atom. The van der Waals surface area contributed by atoms with Gasteiger partial charge in [-0.3, -0.25) is 0 Å². The van der Waals surface area contributed by atoms with Crippen molar-refractivity contribution in [2.45, 2.75) is 38.1 Å². The van der Waals surface area contributed by atoms with Gasteiger partial charge in [-0.05, 0) is 37.5 Å². The Balaban J connectivity index is 2.89. The van der Waals surface area contributed by atoms with Crippen LogP contribution in [0.2, 0.25) is 5.02 Å². The van der Waals surface area contributed by atoms with E-state index in [1.807, 2.05) is 20.8 Å². The topological polar surface area (TPSA) is 72.2 Å². The summed E-state index contributed by atoms with van der Waals surface area (Å²) < 4.78 is 26.8. The Kier molecular flexibility index (Phi) is 5.01. The number of benzene rings is 1. The average molecular weight is 291 g/mol. The van der Waals surface area contributed by atoms with Crippen LogP contribution in [0.1, 0.15) is 27.2 Å². The van der Waals surface area contributed by atoms with Gasteiger partial charge >= 0.3 is 0 Å². The zero-order valence-corrected chi connectivity index (χ0v) is 12.3. The van der Waals surface area contributed by atoms with E-state index in [4.69, 9.17) is 17.3 Å². The van der Waals surface area contributed by atoms with E-state index in [9.17, 15) is 8.42 Å². The fourth-order valence-corrected chi connectivity index (χ4v) is 3.29. The first kappa shape index (κ1) is 15.3. The third-order valence-electron chi connectivity index (χ3n) is 2.46. The summed E-state index contributed by atoms with van der Waals surface area (Å²) in [4.78, 5) is 0.136. The molecule has 0 bridgehead atoms. The lowest BCUT2D eigenvalue weighted by Crippen LogP contribution is -2.33. The predicted molar refractivity (Wildman–Crippen MR) is 75.1 cm³/mol. The van der Waals surface area contributed by atoms with Crippen LogP contribution >= 0.6 is 11.6 Å². The van der Waals surface area contributed by atoms with Gasteiger partial charge < -0.3 is 5.73 Å². The van der Waals surface area contributed by atoms with Crippen LogP contribution in [-0.2, 0) is 10.0 Å². The normalized spacial score (nSPS) is 13.8. The first-order valence-electron chi connectivity index (χ1n) is 5.79. The number of nitrogen functional groups attached to an aromatic ring is 1. The van der Waals surface area contributed by atoms with Gasteiger partial charge in [0, 0.05) is 6.04 Å². The molecule has 18 heavy (non-hydrogen) atoms. The summed E-state index contributed by atoms with van der Waals surface area (Å²) in [5.41, 5.74) is 5.92. The van der Waals surface area contributed by atoms with Crippen molar-refractivity contribution >= 4 is 27.3 Å². The van der Waals surface area contributed by atoms with Crippen molar-refractivity contribution in [1.29, 1.82) is 0 Å². The van der Waals surface area contributed by atoms with Gasteiger partial charge in [-0.2, -0.15) is 0 Å². The molecule has 6 heteroatoms. The molecule has 0 heterocycles. The Morgan fingerprint density at radius 1 is 1.33 bits per heavy atom. The molecule has 0 aromatic heterocycles. The highest BCUT2D eigenvalue weighted by atomic mass is 35.5. The lowest BCUT2D eigenvalue weighted by Gasteiger charge is -2.16. The van der Waals surface area contributed by atoms with Gasteiger partial charge in [-0.25, -0.2) is 13.1 Å². The van der Waals surface area contributed by atoms with Crippen LogP contribution < -0.4 is 10.5 Å². The Bertz CT molecular complexity index is 515. The van der Waals surface area contributed by atoms with Crippen molar-refractivity contribution in [2.24, 2.45) is 5.92 Å². The number of rotatable bonds is 5. The summed E-state index contributed by atoms with van der Waals surface area (Å²) >= 11 is 5.82. The molecule has 1 aromatic carbocycles. The van der Waals surface area contributed by atoms with Crippen LogP contribution in [0.5, 0.6) is 0 Å². The minimum atomic E-state index is -3.53. The van der Waals surface area contributed by atoms with Gasteiger partial charge in [0.1, 0.15) is 0 Å². The Morgan fingerprint density at radius 3 is 2.44 bits per heavy atom. The molecule has 0 fully saturated rings. The van der Waals surface area contributed by atoms with Gasteiger partial charge in [0.25, 0.3) is 0 Å². The van der Waals surface area contributed by atoms with Crippen LogP contribution in [-0.4, -0.2) is 14.5 Å². The highest BCUT2D eigenvalue weighted by Gasteiger charge is 2.18. The number of anilines is 1. The standard InChI is InChI=1S/C12H19ClN2O2S/c1-8(2)6-9(3)15-18(16,17)10-4-5-12(14)11(13)7-10/h4-5,7-9,15H,6,14H2,1-3H3. The second-order valence-electron chi connectivity index (χ2n) is 4.84. The average Bonchev–Trinajstić information content (AvgIpc) is 2.19. The van der Waals surface area contributed by atoms with E-state index in [0.717, 1.165) is 6.42 Å². The summed E-state index contributed by atoms with van der Waals surface area (Å²) in [6.45, 7) is 5.94. The predicted octanol–water partition coefficient (Wildman–Crippen LogP) is 2.64. The molecule has 1 rings (SSSR count). The summed E-state index contributed by atoms with van der Waals surface area (Å²) in [5.74, 6) is 0.428. The first-order chi connectivity index (χ1) is 8.22. The van der Waals surface area contributed by atoms with E-state index in [2.05, 4.69) is 4.72 Å². The Hall–Kier alpha value is -0.780. The van der Waals surface area contributed by atoms with Crippen molar-refractivity contribution in [3.8, 4) is 0 Å². The molecule has 0 aliphatic heterocycles. The zero-order valence-electron chi connectivity index (χ0n) is 10.8. The van der Waals surface area contributed by atoms with Gasteiger partial charge in [-0.15, -0.1) is 0 Å². The molecule has 4 nitrogen and oxygen atoms in total. The molecular weight excluding hydrogens is 272 g/mol. The minimum absolute atomic E-state index is 0.119. The molecule has 0 saturated carbocycles. The van der Waals surface area contributed by atoms with Crippen molar-refractivity contribution < 1.29 is 8.42 Å². The second-order valence-corrected chi connectivity index (χ2v) is 6.96. The molecule has 1 aromatic rings. The summed E-state index contributed by atoms with van der Waals surface area (Å²) in [7, 11) is -3.53. The van der Waals surface area contributed by atoms with E-state index in [0.29, 0.717) is 11.6 Å². The minimum Gasteiger partial charge on any atom is -0.398 e. The summed E-state index contributed by atoms with van der Waals surface area (Å²) in [5, 5.41) is 0.245. The maximum Gasteiger partial charge on any atom is 0.240 e. The van der Waals surface area contributed by atoms with Crippen LogP contribution in [0.25, 0.3) is 0 Å². The molecule has 0 aliphatic carbocycles. The number of halogens is 1. The molecule has 3 N–H and O–H groups in total. The van der Waals surface area contributed by atoms with Gasteiger partial charge in [0.15, 0.2) is 0 Å². The smallest absolute Gasteiger partial charge is 0.240 e. The van der Waals surface area contributed by atoms with Crippen LogP contribution in [0.3, 0.4) is 0 Å². The molecule has 1 atom stereocenters. The van der Waals surface area contributed by atoms with Crippen LogP contribution in [0, 0.1) is 5.92 Å². The highest BCUT2D eigenvalue weighted by molar-refractivity contribution is 7.89. The third kappa shape index (κ3) is 4.15. The molecule has 0 aliphatic rings. The van der Waals surface area contributed by atoms with Gasteiger partial charge in [-0.1, -0.05) is 25.4 Å².